The number of rotatable bonds is 5. The van der Waals surface area contributed by atoms with E-state index in [0.29, 0.717) is 23.1 Å². The lowest BCUT2D eigenvalue weighted by atomic mass is 9.49. The van der Waals surface area contributed by atoms with Gasteiger partial charge in [-0.3, -0.25) is 14.2 Å². The fraction of sp³-hybridized carbons (Fsp3) is 0.462. The van der Waals surface area contributed by atoms with Crippen molar-refractivity contribution in [2.45, 2.75) is 38.6 Å². The average molecular weight is 459 g/mol. The fourth-order valence-corrected chi connectivity index (χ4v) is 5.88. The summed E-state index contributed by atoms with van der Waals surface area (Å²) >= 11 is 0. The van der Waals surface area contributed by atoms with Gasteiger partial charge in [0, 0.05) is 49.1 Å². The van der Waals surface area contributed by atoms with Crippen molar-refractivity contribution in [3.05, 3.63) is 51.9 Å². The predicted octanol–water partition coefficient (Wildman–Crippen LogP) is 3.31. The number of fused-ring (bicyclic) bond motifs is 1. The van der Waals surface area contributed by atoms with Gasteiger partial charge in [-0.05, 0) is 75.9 Å². The van der Waals surface area contributed by atoms with Crippen LogP contribution in [0.4, 0.5) is 17.3 Å². The van der Waals surface area contributed by atoms with E-state index >= 15 is 0 Å². The molecule has 7 rings (SSSR count). The minimum absolute atomic E-state index is 0.187. The van der Waals surface area contributed by atoms with Crippen molar-refractivity contribution in [2.24, 2.45) is 5.92 Å². The van der Waals surface area contributed by atoms with Crippen molar-refractivity contribution >= 4 is 34.1 Å². The Bertz CT molecular complexity index is 1340. The summed E-state index contributed by atoms with van der Waals surface area (Å²) in [6.45, 7) is 7.47. The van der Waals surface area contributed by atoms with Crippen LogP contribution in [0.1, 0.15) is 42.1 Å². The summed E-state index contributed by atoms with van der Waals surface area (Å²) in [7, 11) is 2.16. The number of aromatic nitrogens is 3. The molecular weight excluding hydrogens is 428 g/mol. The number of nitrogens with zero attached hydrogens (tertiary/aromatic N) is 5. The normalized spacial score (nSPS) is 24.0. The maximum absolute atomic E-state index is 13.4. The van der Waals surface area contributed by atoms with E-state index in [1.54, 1.807) is 10.8 Å². The molecule has 0 atom stereocenters. The molecule has 0 radical (unpaired) electrons. The number of benzene rings is 1. The first-order valence-electron chi connectivity index (χ1n) is 12.1. The lowest BCUT2D eigenvalue weighted by Gasteiger charge is -2.62. The number of carbonyl (C=O) groups excluding carboxylic acids is 1. The van der Waals surface area contributed by atoms with Gasteiger partial charge in [-0.2, -0.15) is 4.98 Å². The minimum atomic E-state index is -0.211. The summed E-state index contributed by atoms with van der Waals surface area (Å²) in [5, 5.41) is 4.07. The van der Waals surface area contributed by atoms with Crippen LogP contribution in [0.5, 0.6) is 0 Å². The Kier molecular flexibility index (Phi) is 4.78. The van der Waals surface area contributed by atoms with Gasteiger partial charge in [0.1, 0.15) is 5.65 Å². The SMILES string of the molecule is CC(=O)c1c(C)c2cnc(Nc3ccc(N4CCN(C)CC4)cc3)nc2n(C23CC(C2)C3)c1=O. The molecular formula is C26H30N6O2. The van der Waals surface area contributed by atoms with Gasteiger partial charge in [0.25, 0.3) is 5.56 Å². The average Bonchev–Trinajstić information content (AvgIpc) is 2.75. The molecule has 2 aromatic heterocycles. The number of hydrogen-bond donors (Lipinski definition) is 1. The predicted molar refractivity (Wildman–Crippen MR) is 133 cm³/mol. The van der Waals surface area contributed by atoms with Gasteiger partial charge in [-0.1, -0.05) is 0 Å². The third kappa shape index (κ3) is 3.23. The molecule has 1 N–H and O–H groups in total. The molecule has 8 nitrogen and oxygen atoms in total. The lowest BCUT2D eigenvalue weighted by Crippen LogP contribution is -2.62. The van der Waals surface area contributed by atoms with Gasteiger partial charge < -0.3 is 15.1 Å². The first kappa shape index (κ1) is 21.3. The zero-order valence-electron chi connectivity index (χ0n) is 20.0. The highest BCUT2D eigenvalue weighted by Gasteiger charge is 2.59. The van der Waals surface area contributed by atoms with E-state index in [2.05, 4.69) is 39.3 Å². The zero-order chi connectivity index (χ0) is 23.6. The second-order valence-corrected chi connectivity index (χ2v) is 10.3. The number of nitrogens with one attached hydrogen (secondary N) is 1. The summed E-state index contributed by atoms with van der Waals surface area (Å²) in [6.07, 6.45) is 4.71. The van der Waals surface area contributed by atoms with Crippen LogP contribution >= 0.6 is 0 Å². The Hall–Kier alpha value is -3.26. The van der Waals surface area contributed by atoms with E-state index in [4.69, 9.17) is 4.98 Å². The number of carbonyl (C=O) groups is 1. The number of likely N-dealkylation sites (N-methyl/N-ethyl adjacent to an activating group) is 1. The third-order valence-corrected chi connectivity index (χ3v) is 8.00. The molecule has 3 aromatic rings. The van der Waals surface area contributed by atoms with Crippen LogP contribution in [0.2, 0.25) is 0 Å². The smallest absolute Gasteiger partial charge is 0.263 e. The van der Waals surface area contributed by atoms with Crippen molar-refractivity contribution in [3.8, 4) is 0 Å². The molecule has 0 spiro atoms. The molecule has 0 amide bonds. The summed E-state index contributed by atoms with van der Waals surface area (Å²) in [4.78, 5) is 39.8. The van der Waals surface area contributed by atoms with Crippen molar-refractivity contribution in [1.82, 2.24) is 19.4 Å². The van der Waals surface area contributed by atoms with Crippen LogP contribution < -0.4 is 15.8 Å². The van der Waals surface area contributed by atoms with Gasteiger partial charge in [0.2, 0.25) is 5.95 Å². The quantitative estimate of drug-likeness (QED) is 0.588. The van der Waals surface area contributed by atoms with Crippen LogP contribution in [-0.2, 0) is 5.54 Å². The first-order chi connectivity index (χ1) is 16.3. The largest absolute Gasteiger partial charge is 0.369 e. The Morgan fingerprint density at radius 3 is 2.35 bits per heavy atom. The summed E-state index contributed by atoms with van der Waals surface area (Å²) in [6, 6.07) is 8.32. The van der Waals surface area contributed by atoms with Crippen molar-refractivity contribution in [1.29, 1.82) is 0 Å². The number of hydrogen-bond acceptors (Lipinski definition) is 7. The van der Waals surface area contributed by atoms with Crippen LogP contribution in [0.25, 0.3) is 11.0 Å². The van der Waals surface area contributed by atoms with E-state index in [-0.39, 0.29) is 22.4 Å². The van der Waals surface area contributed by atoms with E-state index in [1.165, 1.54) is 12.6 Å². The van der Waals surface area contributed by atoms with Gasteiger partial charge in [0.15, 0.2) is 5.78 Å². The van der Waals surface area contributed by atoms with Gasteiger partial charge >= 0.3 is 0 Å². The second-order valence-electron chi connectivity index (χ2n) is 10.3. The number of Topliss-reactive ketones (excluding diaryl/α,β-unsaturated/α-hetero) is 1. The third-order valence-electron chi connectivity index (χ3n) is 8.00. The second kappa shape index (κ2) is 7.63. The minimum Gasteiger partial charge on any atom is -0.369 e. The van der Waals surface area contributed by atoms with E-state index in [9.17, 15) is 9.59 Å². The Balaban J connectivity index is 1.34. The molecule has 4 aliphatic rings. The van der Waals surface area contributed by atoms with Crippen LogP contribution in [0.15, 0.2) is 35.3 Å². The molecule has 176 valence electrons. The molecule has 3 aliphatic carbocycles. The summed E-state index contributed by atoms with van der Waals surface area (Å²) in [5.41, 5.74) is 3.26. The van der Waals surface area contributed by atoms with Crippen molar-refractivity contribution in [2.75, 3.05) is 43.4 Å². The zero-order valence-corrected chi connectivity index (χ0v) is 20.0. The number of ketones is 1. The Morgan fingerprint density at radius 1 is 1.09 bits per heavy atom. The molecule has 1 aromatic carbocycles. The van der Waals surface area contributed by atoms with Crippen molar-refractivity contribution < 1.29 is 4.79 Å². The Morgan fingerprint density at radius 2 is 1.76 bits per heavy atom. The maximum Gasteiger partial charge on any atom is 0.263 e. The molecule has 34 heavy (non-hydrogen) atoms. The summed E-state index contributed by atoms with van der Waals surface area (Å²) in [5.74, 6) is 0.948. The summed E-state index contributed by atoms with van der Waals surface area (Å²) < 4.78 is 1.80. The molecule has 1 saturated heterocycles. The molecule has 0 unspecified atom stereocenters. The highest BCUT2D eigenvalue weighted by atomic mass is 16.1. The monoisotopic (exact) mass is 458 g/mol. The molecule has 3 heterocycles. The topological polar surface area (TPSA) is 83.4 Å². The standard InChI is InChI=1S/C26H30N6O2/c1-16-21-15-27-25(28-19-4-6-20(7-5-19)31-10-8-30(3)9-11-31)29-23(21)32(24(34)22(16)17(2)33)26-12-18(13-26)14-26/h4-7,15,18H,8-14H2,1-3H3,(H,27,28,29). The van der Waals surface area contributed by atoms with E-state index in [0.717, 1.165) is 56.5 Å². The molecule has 3 saturated carbocycles. The number of aryl methyl sites for hydroxylation is 1. The van der Waals surface area contributed by atoms with Gasteiger partial charge in [0.05, 0.1) is 11.1 Å². The fourth-order valence-electron chi connectivity index (χ4n) is 5.88. The van der Waals surface area contributed by atoms with Crippen molar-refractivity contribution in [3.63, 3.8) is 0 Å². The molecule has 4 fully saturated rings. The Labute approximate surface area is 198 Å². The number of anilines is 3. The number of piperazine rings is 1. The van der Waals surface area contributed by atoms with Crippen LogP contribution in [0.3, 0.4) is 0 Å². The molecule has 2 bridgehead atoms. The van der Waals surface area contributed by atoms with E-state index in [1.807, 2.05) is 19.1 Å². The van der Waals surface area contributed by atoms with Gasteiger partial charge in [-0.25, -0.2) is 4.98 Å². The first-order valence-corrected chi connectivity index (χ1v) is 12.1. The van der Waals surface area contributed by atoms with Gasteiger partial charge in [-0.15, -0.1) is 0 Å². The molecule has 1 aliphatic heterocycles. The number of pyridine rings is 1. The van der Waals surface area contributed by atoms with E-state index < -0.39 is 0 Å². The van der Waals surface area contributed by atoms with Crippen LogP contribution in [0, 0.1) is 12.8 Å². The highest BCUT2D eigenvalue weighted by molar-refractivity contribution is 5.99. The lowest BCUT2D eigenvalue weighted by molar-refractivity contribution is -0.0884. The highest BCUT2D eigenvalue weighted by Crippen LogP contribution is 2.62. The van der Waals surface area contributed by atoms with Crippen LogP contribution in [-0.4, -0.2) is 58.4 Å². The maximum atomic E-state index is 13.4. The molecule has 8 heteroatoms.